The highest BCUT2D eigenvalue weighted by Crippen LogP contribution is 2.35. The number of rotatable bonds is 2. The van der Waals surface area contributed by atoms with E-state index in [0.29, 0.717) is 16.7 Å². The first-order valence-corrected chi connectivity index (χ1v) is 4.44. The summed E-state index contributed by atoms with van der Waals surface area (Å²) in [4.78, 5) is 10.7. The highest BCUT2D eigenvalue weighted by molar-refractivity contribution is 7.09. The Morgan fingerprint density at radius 3 is 3.00 bits per heavy atom. The number of ether oxygens (including phenoxy) is 1. The van der Waals surface area contributed by atoms with Gasteiger partial charge >= 0.3 is 5.97 Å². The SMILES string of the molecule is COc1c(C(=O)O)oc2cscc12. The fraction of sp³-hybridized carbons (Fsp3) is 0.125. The van der Waals surface area contributed by atoms with Crippen molar-refractivity contribution < 1.29 is 19.1 Å². The van der Waals surface area contributed by atoms with Gasteiger partial charge in [-0.3, -0.25) is 0 Å². The van der Waals surface area contributed by atoms with Crippen LogP contribution >= 0.6 is 11.3 Å². The summed E-state index contributed by atoms with van der Waals surface area (Å²) in [6.07, 6.45) is 0. The fourth-order valence-electron chi connectivity index (χ4n) is 1.15. The van der Waals surface area contributed by atoms with Crippen LogP contribution in [0.1, 0.15) is 10.6 Å². The molecule has 0 aliphatic carbocycles. The van der Waals surface area contributed by atoms with Crippen molar-refractivity contribution in [3.8, 4) is 5.75 Å². The average molecular weight is 198 g/mol. The summed E-state index contributed by atoms with van der Waals surface area (Å²) in [6, 6.07) is 0. The van der Waals surface area contributed by atoms with Gasteiger partial charge in [0.2, 0.25) is 0 Å². The summed E-state index contributed by atoms with van der Waals surface area (Å²) >= 11 is 1.44. The second kappa shape index (κ2) is 2.77. The number of carboxylic acid groups (broad SMARTS) is 1. The Labute approximate surface area is 77.3 Å². The van der Waals surface area contributed by atoms with Crippen LogP contribution in [0.5, 0.6) is 5.75 Å². The van der Waals surface area contributed by atoms with Crippen LogP contribution in [0.2, 0.25) is 0 Å². The lowest BCUT2D eigenvalue weighted by Crippen LogP contribution is -1.96. The maximum atomic E-state index is 10.7. The molecule has 0 aliphatic heterocycles. The van der Waals surface area contributed by atoms with Crippen LogP contribution in [-0.4, -0.2) is 18.2 Å². The van der Waals surface area contributed by atoms with E-state index in [1.165, 1.54) is 18.4 Å². The van der Waals surface area contributed by atoms with E-state index in [4.69, 9.17) is 14.3 Å². The van der Waals surface area contributed by atoms with Crippen molar-refractivity contribution in [1.29, 1.82) is 0 Å². The van der Waals surface area contributed by atoms with Crippen molar-refractivity contribution in [3.63, 3.8) is 0 Å². The highest BCUT2D eigenvalue weighted by atomic mass is 32.1. The van der Waals surface area contributed by atoms with Gasteiger partial charge in [0.15, 0.2) is 5.75 Å². The smallest absolute Gasteiger partial charge is 0.375 e. The first-order valence-electron chi connectivity index (χ1n) is 3.50. The molecule has 0 fully saturated rings. The van der Waals surface area contributed by atoms with Gasteiger partial charge in [0.05, 0.1) is 12.5 Å². The number of methoxy groups -OCH3 is 1. The van der Waals surface area contributed by atoms with Crippen molar-refractivity contribution in [2.75, 3.05) is 7.11 Å². The van der Waals surface area contributed by atoms with Crippen LogP contribution in [0.3, 0.4) is 0 Å². The molecule has 0 amide bonds. The molecule has 0 aliphatic rings. The number of hydrogen-bond acceptors (Lipinski definition) is 4. The van der Waals surface area contributed by atoms with E-state index in [1.54, 1.807) is 10.8 Å². The predicted molar refractivity (Wildman–Crippen MR) is 47.6 cm³/mol. The van der Waals surface area contributed by atoms with E-state index < -0.39 is 5.97 Å². The number of thiophene rings is 1. The third-order valence-corrected chi connectivity index (χ3v) is 2.41. The Morgan fingerprint density at radius 1 is 1.62 bits per heavy atom. The van der Waals surface area contributed by atoms with Crippen LogP contribution in [0.4, 0.5) is 0 Å². The van der Waals surface area contributed by atoms with E-state index >= 15 is 0 Å². The molecule has 2 heterocycles. The molecule has 0 atom stereocenters. The van der Waals surface area contributed by atoms with E-state index in [-0.39, 0.29) is 5.76 Å². The number of furan rings is 1. The first-order chi connectivity index (χ1) is 6.24. The van der Waals surface area contributed by atoms with Gasteiger partial charge in [0.25, 0.3) is 5.76 Å². The van der Waals surface area contributed by atoms with E-state index in [2.05, 4.69) is 0 Å². The number of hydrogen-bond donors (Lipinski definition) is 1. The molecule has 68 valence electrons. The molecule has 0 unspecified atom stereocenters. The second-order valence-electron chi connectivity index (χ2n) is 2.42. The number of aromatic carboxylic acids is 1. The molecular formula is C8H6O4S. The zero-order valence-electron chi connectivity index (χ0n) is 6.73. The second-order valence-corrected chi connectivity index (χ2v) is 3.16. The van der Waals surface area contributed by atoms with Crippen molar-refractivity contribution >= 4 is 28.3 Å². The van der Waals surface area contributed by atoms with E-state index in [0.717, 1.165) is 0 Å². The van der Waals surface area contributed by atoms with E-state index in [1.807, 2.05) is 0 Å². The largest absolute Gasteiger partial charge is 0.492 e. The number of carbonyl (C=O) groups is 1. The fourth-order valence-corrected chi connectivity index (χ4v) is 1.88. The molecule has 0 saturated carbocycles. The Balaban J connectivity index is 2.74. The maximum Gasteiger partial charge on any atom is 0.375 e. The van der Waals surface area contributed by atoms with E-state index in [9.17, 15) is 4.79 Å². The first kappa shape index (κ1) is 8.12. The zero-order chi connectivity index (χ0) is 9.42. The Hall–Kier alpha value is -1.49. The molecule has 13 heavy (non-hydrogen) atoms. The van der Waals surface area contributed by atoms with Crippen molar-refractivity contribution in [1.82, 2.24) is 0 Å². The van der Waals surface area contributed by atoms with Gasteiger partial charge in [-0.2, -0.15) is 0 Å². The van der Waals surface area contributed by atoms with Crippen LogP contribution in [0.25, 0.3) is 11.0 Å². The molecule has 2 aromatic rings. The molecule has 5 heteroatoms. The molecule has 0 aromatic carbocycles. The Morgan fingerprint density at radius 2 is 2.38 bits per heavy atom. The van der Waals surface area contributed by atoms with Crippen molar-refractivity contribution in [2.45, 2.75) is 0 Å². The molecule has 0 spiro atoms. The van der Waals surface area contributed by atoms with Gasteiger partial charge < -0.3 is 14.3 Å². The Kier molecular flexibility index (Phi) is 1.73. The summed E-state index contributed by atoms with van der Waals surface area (Å²) in [5.41, 5.74) is 0.555. The molecular weight excluding hydrogens is 192 g/mol. The topological polar surface area (TPSA) is 59.7 Å². The average Bonchev–Trinajstić information content (AvgIpc) is 2.60. The lowest BCUT2D eigenvalue weighted by molar-refractivity contribution is 0.0660. The third kappa shape index (κ3) is 1.08. The molecule has 4 nitrogen and oxygen atoms in total. The minimum atomic E-state index is -1.11. The normalized spacial score (nSPS) is 10.5. The van der Waals surface area contributed by atoms with Gasteiger partial charge in [0.1, 0.15) is 5.58 Å². The lowest BCUT2D eigenvalue weighted by Gasteiger charge is -1.94. The lowest BCUT2D eigenvalue weighted by atomic mass is 10.3. The van der Waals surface area contributed by atoms with Gasteiger partial charge in [-0.25, -0.2) is 4.79 Å². The monoisotopic (exact) mass is 198 g/mol. The maximum absolute atomic E-state index is 10.7. The number of carboxylic acids is 1. The summed E-state index contributed by atoms with van der Waals surface area (Å²) < 4.78 is 10.0. The zero-order valence-corrected chi connectivity index (χ0v) is 7.55. The molecule has 1 N–H and O–H groups in total. The highest BCUT2D eigenvalue weighted by Gasteiger charge is 2.20. The minimum absolute atomic E-state index is 0.139. The Bertz CT molecular complexity index is 454. The summed E-state index contributed by atoms with van der Waals surface area (Å²) in [5.74, 6) is -0.956. The van der Waals surface area contributed by atoms with Crippen LogP contribution < -0.4 is 4.74 Å². The predicted octanol–water partition coefficient (Wildman–Crippen LogP) is 2.20. The van der Waals surface area contributed by atoms with Crippen molar-refractivity contribution in [3.05, 3.63) is 16.5 Å². The molecule has 0 saturated heterocycles. The van der Waals surface area contributed by atoms with Gasteiger partial charge in [-0.05, 0) is 0 Å². The standard InChI is InChI=1S/C8H6O4S/c1-11-6-4-2-13-3-5(4)12-7(6)8(9)10/h2-3H,1H3,(H,9,10). The number of fused-ring (bicyclic) bond motifs is 1. The molecule has 2 aromatic heterocycles. The van der Waals surface area contributed by atoms with Gasteiger partial charge in [0, 0.05) is 10.8 Å². The van der Waals surface area contributed by atoms with Gasteiger partial charge in [-0.1, -0.05) is 0 Å². The molecule has 0 bridgehead atoms. The van der Waals surface area contributed by atoms with Crippen LogP contribution in [0, 0.1) is 0 Å². The molecule has 2 rings (SSSR count). The van der Waals surface area contributed by atoms with Crippen molar-refractivity contribution in [2.24, 2.45) is 0 Å². The minimum Gasteiger partial charge on any atom is -0.492 e. The molecule has 0 radical (unpaired) electrons. The van der Waals surface area contributed by atoms with Crippen LogP contribution in [-0.2, 0) is 0 Å². The third-order valence-electron chi connectivity index (χ3n) is 1.69. The quantitative estimate of drug-likeness (QED) is 0.803. The van der Waals surface area contributed by atoms with Gasteiger partial charge in [-0.15, -0.1) is 11.3 Å². The summed E-state index contributed by atoms with van der Waals surface area (Å²) in [6.45, 7) is 0. The van der Waals surface area contributed by atoms with Crippen LogP contribution in [0.15, 0.2) is 15.2 Å². The summed E-state index contributed by atoms with van der Waals surface area (Å²) in [5, 5.41) is 13.0. The summed E-state index contributed by atoms with van der Waals surface area (Å²) in [7, 11) is 1.42.